The summed E-state index contributed by atoms with van der Waals surface area (Å²) in [6.45, 7) is 0.142. The van der Waals surface area contributed by atoms with Crippen LogP contribution in [0.2, 0.25) is 0 Å². The number of aromatic nitrogens is 5. The summed E-state index contributed by atoms with van der Waals surface area (Å²) in [4.78, 5) is 20.0. The minimum atomic E-state index is -0.244. The number of hydrogen-bond acceptors (Lipinski definition) is 7. The molecule has 3 rings (SSSR count). The first-order chi connectivity index (χ1) is 9.65. The maximum Gasteiger partial charge on any atom is 0.277 e. The third-order valence-corrected chi connectivity index (χ3v) is 2.87. The van der Waals surface area contributed by atoms with Crippen LogP contribution >= 0.6 is 0 Å². The number of nitrogens with two attached hydrogens (primary N) is 2. The number of benzene rings is 1. The van der Waals surface area contributed by atoms with Crippen molar-refractivity contribution in [3.63, 3.8) is 0 Å². The molecular weight excluding hydrogens is 258 g/mol. The number of rotatable bonds is 2. The van der Waals surface area contributed by atoms with E-state index in [2.05, 4.69) is 20.3 Å². The molecule has 0 amide bonds. The molecule has 0 saturated carbocycles. The molecule has 100 valence electrons. The molecule has 0 fully saturated rings. The Morgan fingerprint density at radius 2 is 2.00 bits per heavy atom. The van der Waals surface area contributed by atoms with Gasteiger partial charge in [0.05, 0.1) is 11.9 Å². The standard InChI is InChI=1S/C12H11N7O/c13-10-7(5-15-12(14)16-10)6-19-11(20)8-3-1-2-4-9(8)17-18-19/h1-5H,6H2,(H4,13,14,15,16). The maximum absolute atomic E-state index is 12.3. The van der Waals surface area contributed by atoms with Crippen LogP contribution in [-0.4, -0.2) is 25.0 Å². The fourth-order valence-electron chi connectivity index (χ4n) is 1.84. The number of fused-ring (bicyclic) bond motifs is 1. The van der Waals surface area contributed by atoms with Crippen LogP contribution in [-0.2, 0) is 6.54 Å². The second-order valence-electron chi connectivity index (χ2n) is 4.21. The molecule has 0 saturated heterocycles. The SMILES string of the molecule is Nc1ncc(Cn2nnc3ccccc3c2=O)c(N)n1. The second-order valence-corrected chi connectivity index (χ2v) is 4.21. The normalized spacial score (nSPS) is 10.8. The van der Waals surface area contributed by atoms with E-state index in [9.17, 15) is 4.79 Å². The van der Waals surface area contributed by atoms with Crippen molar-refractivity contribution >= 4 is 22.7 Å². The Labute approximate surface area is 113 Å². The van der Waals surface area contributed by atoms with Crippen LogP contribution in [0, 0.1) is 0 Å². The molecule has 2 heterocycles. The average molecular weight is 269 g/mol. The number of nitrogen functional groups attached to an aromatic ring is 2. The third-order valence-electron chi connectivity index (χ3n) is 2.87. The molecule has 0 aliphatic heterocycles. The van der Waals surface area contributed by atoms with E-state index in [4.69, 9.17) is 11.5 Å². The van der Waals surface area contributed by atoms with E-state index >= 15 is 0 Å². The Bertz CT molecular complexity index is 843. The summed E-state index contributed by atoms with van der Waals surface area (Å²) in [7, 11) is 0. The minimum absolute atomic E-state index is 0.0863. The highest BCUT2D eigenvalue weighted by molar-refractivity contribution is 5.76. The van der Waals surface area contributed by atoms with Gasteiger partial charge in [0, 0.05) is 11.8 Å². The average Bonchev–Trinajstić information content (AvgIpc) is 2.45. The Morgan fingerprint density at radius 3 is 2.80 bits per heavy atom. The Balaban J connectivity index is 2.07. The van der Waals surface area contributed by atoms with E-state index in [0.717, 1.165) is 0 Å². The first-order valence-corrected chi connectivity index (χ1v) is 5.84. The van der Waals surface area contributed by atoms with Crippen molar-refractivity contribution in [3.8, 4) is 0 Å². The fourth-order valence-corrected chi connectivity index (χ4v) is 1.84. The van der Waals surface area contributed by atoms with E-state index in [0.29, 0.717) is 16.5 Å². The van der Waals surface area contributed by atoms with E-state index in [1.165, 1.54) is 10.9 Å². The Hall–Kier alpha value is -3.03. The summed E-state index contributed by atoms with van der Waals surface area (Å²) < 4.78 is 1.22. The lowest BCUT2D eigenvalue weighted by Crippen LogP contribution is -2.25. The van der Waals surface area contributed by atoms with Gasteiger partial charge in [0.2, 0.25) is 5.95 Å². The molecule has 0 radical (unpaired) electrons. The van der Waals surface area contributed by atoms with Crippen LogP contribution in [0.3, 0.4) is 0 Å². The summed E-state index contributed by atoms with van der Waals surface area (Å²) in [6.07, 6.45) is 1.47. The zero-order valence-electron chi connectivity index (χ0n) is 10.4. The van der Waals surface area contributed by atoms with Crippen LogP contribution < -0.4 is 17.0 Å². The third kappa shape index (κ3) is 2.03. The predicted molar refractivity (Wildman–Crippen MR) is 73.8 cm³/mol. The van der Waals surface area contributed by atoms with Crippen LogP contribution in [0.5, 0.6) is 0 Å². The van der Waals surface area contributed by atoms with E-state index in [1.807, 2.05) is 0 Å². The molecule has 1 aromatic carbocycles. The van der Waals surface area contributed by atoms with Crippen LogP contribution in [0.15, 0.2) is 35.3 Å². The lowest BCUT2D eigenvalue weighted by molar-refractivity contribution is 0.599. The fraction of sp³-hybridized carbons (Fsp3) is 0.0833. The molecule has 2 aromatic heterocycles. The van der Waals surface area contributed by atoms with Crippen molar-refractivity contribution in [2.75, 3.05) is 11.5 Å². The Kier molecular flexibility index (Phi) is 2.75. The quantitative estimate of drug-likeness (QED) is 0.659. The summed E-state index contributed by atoms with van der Waals surface area (Å²) in [6, 6.07) is 7.00. The van der Waals surface area contributed by atoms with E-state index in [-0.39, 0.29) is 23.9 Å². The first kappa shape index (κ1) is 12.0. The van der Waals surface area contributed by atoms with Crippen LogP contribution in [0.4, 0.5) is 11.8 Å². The van der Waals surface area contributed by atoms with Gasteiger partial charge in [-0.25, -0.2) is 9.67 Å². The van der Waals surface area contributed by atoms with Gasteiger partial charge in [0.25, 0.3) is 5.56 Å². The molecule has 0 atom stereocenters. The highest BCUT2D eigenvalue weighted by Gasteiger charge is 2.08. The Morgan fingerprint density at radius 1 is 1.20 bits per heavy atom. The van der Waals surface area contributed by atoms with Crippen molar-refractivity contribution in [1.82, 2.24) is 25.0 Å². The molecule has 0 aliphatic rings. The lowest BCUT2D eigenvalue weighted by atomic mass is 10.2. The molecule has 0 bridgehead atoms. The van der Waals surface area contributed by atoms with Crippen molar-refractivity contribution in [3.05, 3.63) is 46.4 Å². The van der Waals surface area contributed by atoms with Gasteiger partial charge in [-0.2, -0.15) is 4.98 Å². The zero-order valence-corrected chi connectivity index (χ0v) is 10.4. The zero-order chi connectivity index (χ0) is 14.1. The van der Waals surface area contributed by atoms with Crippen LogP contribution in [0.25, 0.3) is 10.9 Å². The van der Waals surface area contributed by atoms with Gasteiger partial charge < -0.3 is 11.5 Å². The van der Waals surface area contributed by atoms with Gasteiger partial charge >= 0.3 is 0 Å². The second kappa shape index (κ2) is 4.57. The summed E-state index contributed by atoms with van der Waals surface area (Å²) >= 11 is 0. The van der Waals surface area contributed by atoms with Gasteiger partial charge in [-0.05, 0) is 12.1 Å². The van der Waals surface area contributed by atoms with Crippen molar-refractivity contribution < 1.29 is 0 Å². The highest BCUT2D eigenvalue weighted by Crippen LogP contribution is 2.09. The van der Waals surface area contributed by atoms with Crippen molar-refractivity contribution in [2.45, 2.75) is 6.54 Å². The van der Waals surface area contributed by atoms with E-state index < -0.39 is 0 Å². The highest BCUT2D eigenvalue weighted by atomic mass is 16.1. The topological polar surface area (TPSA) is 126 Å². The minimum Gasteiger partial charge on any atom is -0.383 e. The summed E-state index contributed by atoms with van der Waals surface area (Å²) in [5.74, 6) is 0.308. The van der Waals surface area contributed by atoms with Crippen molar-refractivity contribution in [2.24, 2.45) is 0 Å². The summed E-state index contributed by atoms with van der Waals surface area (Å²) in [5.41, 5.74) is 12.0. The molecule has 8 heteroatoms. The molecule has 3 aromatic rings. The monoisotopic (exact) mass is 269 g/mol. The molecule has 0 unspecified atom stereocenters. The molecular formula is C12H11N7O. The van der Waals surface area contributed by atoms with Gasteiger partial charge in [-0.15, -0.1) is 5.10 Å². The largest absolute Gasteiger partial charge is 0.383 e. The first-order valence-electron chi connectivity index (χ1n) is 5.84. The van der Waals surface area contributed by atoms with E-state index in [1.54, 1.807) is 24.3 Å². The smallest absolute Gasteiger partial charge is 0.277 e. The van der Waals surface area contributed by atoms with Gasteiger partial charge in [0.1, 0.15) is 11.3 Å². The molecule has 0 aliphatic carbocycles. The molecule has 20 heavy (non-hydrogen) atoms. The number of anilines is 2. The van der Waals surface area contributed by atoms with Gasteiger partial charge in [-0.3, -0.25) is 4.79 Å². The lowest BCUT2D eigenvalue weighted by Gasteiger charge is -2.06. The molecule has 4 N–H and O–H groups in total. The molecule has 0 spiro atoms. The number of nitrogens with zero attached hydrogens (tertiary/aromatic N) is 5. The van der Waals surface area contributed by atoms with Gasteiger partial charge in [0.15, 0.2) is 0 Å². The predicted octanol–water partition coefficient (Wildman–Crippen LogP) is -0.206. The maximum atomic E-state index is 12.3. The van der Waals surface area contributed by atoms with Crippen LogP contribution in [0.1, 0.15) is 5.56 Å². The van der Waals surface area contributed by atoms with Gasteiger partial charge in [-0.1, -0.05) is 17.3 Å². The summed E-state index contributed by atoms with van der Waals surface area (Å²) in [5, 5.41) is 8.37. The van der Waals surface area contributed by atoms with Crippen molar-refractivity contribution in [1.29, 1.82) is 0 Å². The molecule has 8 nitrogen and oxygen atoms in total. The number of hydrogen-bond donors (Lipinski definition) is 2.